The van der Waals surface area contributed by atoms with Crippen LogP contribution in [0.5, 0.6) is 0 Å². The highest BCUT2D eigenvalue weighted by Gasteiger charge is 2.29. The number of carbonyl (C=O) groups is 2. The molecule has 2 amide bonds. The summed E-state index contributed by atoms with van der Waals surface area (Å²) in [5, 5.41) is 5.89. The van der Waals surface area contributed by atoms with Crippen LogP contribution in [-0.2, 0) is 29.6 Å². The van der Waals surface area contributed by atoms with E-state index in [2.05, 4.69) is 10.6 Å². The highest BCUT2D eigenvalue weighted by atomic mass is 35.5. The van der Waals surface area contributed by atoms with E-state index in [0.717, 1.165) is 8.61 Å². The Kier molecular flexibility index (Phi) is 11.1. The molecule has 0 bridgehead atoms. The van der Waals surface area contributed by atoms with Gasteiger partial charge in [-0.05, 0) is 67.6 Å². The topological polar surface area (TPSA) is 133 Å². The summed E-state index contributed by atoms with van der Waals surface area (Å²) in [6.07, 6.45) is 0. The summed E-state index contributed by atoms with van der Waals surface area (Å²) >= 11 is 12.2. The molecule has 0 aromatic heterocycles. The van der Waals surface area contributed by atoms with Gasteiger partial charge in [0.2, 0.25) is 11.8 Å². The van der Waals surface area contributed by atoms with Gasteiger partial charge in [0.05, 0.1) is 21.2 Å². The maximum atomic E-state index is 13.5. The summed E-state index contributed by atoms with van der Waals surface area (Å²) in [6, 6.07) is 27.0. The smallest absolute Gasteiger partial charge is 0.264 e. The first-order valence-corrected chi connectivity index (χ1v) is 17.2. The summed E-state index contributed by atoms with van der Waals surface area (Å²) in [5.74, 6) is -1.27. The molecule has 0 spiro atoms. The van der Waals surface area contributed by atoms with Gasteiger partial charge in [-0.25, -0.2) is 16.8 Å². The molecule has 0 heterocycles. The van der Waals surface area contributed by atoms with Crippen LogP contribution in [0.1, 0.15) is 6.92 Å². The SMILES string of the molecule is C[C@H](CNC(=O)CN(c1cccc(Cl)c1)S(=O)(=O)c1ccccc1)NC(=O)CN(c1cccc(Cl)c1)S(=O)(=O)c1ccccc1. The average molecular weight is 690 g/mol. The first-order chi connectivity index (χ1) is 21.4. The van der Waals surface area contributed by atoms with Gasteiger partial charge in [0, 0.05) is 22.6 Å². The number of hydrogen-bond acceptors (Lipinski definition) is 6. The number of benzene rings is 4. The van der Waals surface area contributed by atoms with E-state index in [4.69, 9.17) is 23.2 Å². The van der Waals surface area contributed by atoms with Gasteiger partial charge in [0.1, 0.15) is 13.1 Å². The molecule has 0 unspecified atom stereocenters. The van der Waals surface area contributed by atoms with Crippen molar-refractivity contribution in [3.05, 3.63) is 119 Å². The van der Waals surface area contributed by atoms with Gasteiger partial charge >= 0.3 is 0 Å². The largest absolute Gasteiger partial charge is 0.352 e. The molecule has 10 nitrogen and oxygen atoms in total. The number of rotatable bonds is 13. The fourth-order valence-electron chi connectivity index (χ4n) is 4.29. The Bertz CT molecular complexity index is 1860. The van der Waals surface area contributed by atoms with Crippen molar-refractivity contribution in [1.82, 2.24) is 10.6 Å². The molecule has 14 heteroatoms. The number of nitrogens with one attached hydrogen (secondary N) is 2. The zero-order valence-electron chi connectivity index (χ0n) is 24.0. The van der Waals surface area contributed by atoms with Crippen LogP contribution < -0.4 is 19.2 Å². The fourth-order valence-corrected chi connectivity index (χ4v) is 7.52. The molecule has 2 N–H and O–H groups in total. The molecule has 0 aliphatic carbocycles. The van der Waals surface area contributed by atoms with E-state index in [1.807, 2.05) is 0 Å². The molecule has 4 aromatic rings. The Balaban J connectivity index is 1.44. The van der Waals surface area contributed by atoms with E-state index < -0.39 is 51.0 Å². The first kappa shape index (κ1) is 33.8. The van der Waals surface area contributed by atoms with Crippen LogP contribution in [0.4, 0.5) is 11.4 Å². The lowest BCUT2D eigenvalue weighted by atomic mass is 10.3. The Labute approximate surface area is 272 Å². The maximum absolute atomic E-state index is 13.5. The van der Waals surface area contributed by atoms with Crippen LogP contribution in [0.3, 0.4) is 0 Å². The Morgan fingerprint density at radius 2 is 1.07 bits per heavy atom. The molecule has 0 saturated heterocycles. The zero-order chi connectivity index (χ0) is 32.6. The van der Waals surface area contributed by atoms with E-state index in [9.17, 15) is 26.4 Å². The van der Waals surface area contributed by atoms with E-state index in [1.54, 1.807) is 67.6 Å². The van der Waals surface area contributed by atoms with Gasteiger partial charge in [-0.1, -0.05) is 71.7 Å². The molecule has 0 radical (unpaired) electrons. The van der Waals surface area contributed by atoms with E-state index in [-0.39, 0.29) is 27.7 Å². The Hall–Kier alpha value is -4.10. The minimum Gasteiger partial charge on any atom is -0.352 e. The van der Waals surface area contributed by atoms with Crippen molar-refractivity contribution in [3.63, 3.8) is 0 Å². The van der Waals surface area contributed by atoms with Crippen molar-refractivity contribution in [2.75, 3.05) is 28.2 Å². The number of halogens is 2. The Morgan fingerprint density at radius 1 is 0.644 bits per heavy atom. The number of carbonyl (C=O) groups excluding carboxylic acids is 2. The van der Waals surface area contributed by atoms with Gasteiger partial charge in [-0.15, -0.1) is 0 Å². The first-order valence-electron chi connectivity index (χ1n) is 13.6. The van der Waals surface area contributed by atoms with Crippen molar-refractivity contribution < 1.29 is 26.4 Å². The zero-order valence-corrected chi connectivity index (χ0v) is 27.2. The van der Waals surface area contributed by atoms with Crippen molar-refractivity contribution in [1.29, 1.82) is 0 Å². The molecule has 4 aromatic carbocycles. The second-order valence-corrected chi connectivity index (χ2v) is 14.5. The second-order valence-electron chi connectivity index (χ2n) is 9.88. The second kappa shape index (κ2) is 14.8. The third-order valence-electron chi connectivity index (χ3n) is 6.44. The van der Waals surface area contributed by atoms with Crippen molar-refractivity contribution in [2.45, 2.75) is 22.8 Å². The van der Waals surface area contributed by atoms with Gasteiger partial charge in [-0.3, -0.25) is 18.2 Å². The molecule has 0 saturated carbocycles. The molecular weight excluding hydrogens is 659 g/mol. The van der Waals surface area contributed by atoms with Gasteiger partial charge < -0.3 is 10.6 Å². The number of amides is 2. The third kappa shape index (κ3) is 8.76. The summed E-state index contributed by atoms with van der Waals surface area (Å²) in [4.78, 5) is 26.1. The van der Waals surface area contributed by atoms with E-state index >= 15 is 0 Å². The van der Waals surface area contributed by atoms with Gasteiger partial charge in [-0.2, -0.15) is 0 Å². The predicted octanol–water partition coefficient (Wildman–Crippen LogP) is 4.71. The number of anilines is 2. The highest BCUT2D eigenvalue weighted by molar-refractivity contribution is 7.93. The van der Waals surface area contributed by atoms with Crippen LogP contribution in [0.15, 0.2) is 119 Å². The molecule has 0 aliphatic heterocycles. The van der Waals surface area contributed by atoms with Crippen LogP contribution in [0, 0.1) is 0 Å². The minimum atomic E-state index is -4.14. The third-order valence-corrected chi connectivity index (χ3v) is 10.5. The van der Waals surface area contributed by atoms with Crippen molar-refractivity contribution in [2.24, 2.45) is 0 Å². The van der Waals surface area contributed by atoms with Crippen LogP contribution in [-0.4, -0.2) is 54.3 Å². The molecule has 1 atom stereocenters. The molecule has 0 fully saturated rings. The monoisotopic (exact) mass is 688 g/mol. The summed E-state index contributed by atoms with van der Waals surface area (Å²) < 4.78 is 55.8. The number of nitrogens with zero attached hydrogens (tertiary/aromatic N) is 2. The maximum Gasteiger partial charge on any atom is 0.264 e. The molecule has 45 heavy (non-hydrogen) atoms. The normalized spacial score (nSPS) is 12.2. The standard InChI is InChI=1S/C31H30Cl2N4O6S2/c1-23(35-31(39)22-37(27-13-9-11-25(33)19-27)45(42,43)29-16-6-3-7-17-29)20-34-30(38)21-36(26-12-8-10-24(32)18-26)44(40,41)28-14-4-2-5-15-28/h2-19,23H,20-22H2,1H3,(H,34,38)(H,35,39)/t23-/m1/s1. The fraction of sp³-hybridized carbons (Fsp3) is 0.161. The van der Waals surface area contributed by atoms with Gasteiger partial charge in [0.25, 0.3) is 20.0 Å². The lowest BCUT2D eigenvalue weighted by Gasteiger charge is -2.26. The molecule has 4 rings (SSSR count). The summed E-state index contributed by atoms with van der Waals surface area (Å²) in [6.45, 7) is 0.425. The summed E-state index contributed by atoms with van der Waals surface area (Å²) in [5.41, 5.74) is 0.395. The van der Waals surface area contributed by atoms with Crippen LogP contribution in [0.25, 0.3) is 0 Å². The lowest BCUT2D eigenvalue weighted by Crippen LogP contribution is -2.48. The average Bonchev–Trinajstić information content (AvgIpc) is 3.02. The van der Waals surface area contributed by atoms with Crippen molar-refractivity contribution >= 4 is 66.4 Å². The molecule has 236 valence electrons. The highest BCUT2D eigenvalue weighted by Crippen LogP contribution is 2.27. The molecule has 0 aliphatic rings. The summed E-state index contributed by atoms with van der Waals surface area (Å²) in [7, 11) is -8.27. The van der Waals surface area contributed by atoms with Crippen LogP contribution >= 0.6 is 23.2 Å². The quantitative estimate of drug-likeness (QED) is 0.209. The van der Waals surface area contributed by atoms with E-state index in [0.29, 0.717) is 10.0 Å². The number of sulfonamides is 2. The van der Waals surface area contributed by atoms with Gasteiger partial charge in [0.15, 0.2) is 0 Å². The minimum absolute atomic E-state index is 0.00637. The Morgan fingerprint density at radius 3 is 1.49 bits per heavy atom. The van der Waals surface area contributed by atoms with Crippen LogP contribution in [0.2, 0.25) is 10.0 Å². The van der Waals surface area contributed by atoms with E-state index in [1.165, 1.54) is 48.5 Å². The lowest BCUT2D eigenvalue weighted by molar-refractivity contribution is -0.122. The predicted molar refractivity (Wildman–Crippen MR) is 175 cm³/mol. The molecular formula is C31H30Cl2N4O6S2. The van der Waals surface area contributed by atoms with Crippen molar-refractivity contribution in [3.8, 4) is 0 Å². The number of hydrogen-bond donors (Lipinski definition) is 2.